The summed E-state index contributed by atoms with van der Waals surface area (Å²) in [6, 6.07) is 3.60. The summed E-state index contributed by atoms with van der Waals surface area (Å²) in [4.78, 5) is 0. The van der Waals surface area contributed by atoms with Crippen LogP contribution in [0, 0.1) is 23.4 Å². The monoisotopic (exact) mass is 432 g/mol. The molecule has 0 aromatic heterocycles. The van der Waals surface area contributed by atoms with Crippen LogP contribution in [-0.2, 0) is 0 Å². The highest BCUT2D eigenvalue weighted by molar-refractivity contribution is 5.86. The van der Waals surface area contributed by atoms with E-state index in [1.165, 1.54) is 31.7 Å². The summed E-state index contributed by atoms with van der Waals surface area (Å²) in [6.45, 7) is 0.315. The third kappa shape index (κ3) is 5.41. The lowest BCUT2D eigenvalue weighted by atomic mass is 9.76. The first-order valence-electron chi connectivity index (χ1n) is 10.5. The zero-order valence-corrected chi connectivity index (χ0v) is 16.9. The summed E-state index contributed by atoms with van der Waals surface area (Å²) < 4.78 is 84.7. The summed E-state index contributed by atoms with van der Waals surface area (Å²) in [7, 11) is 0. The van der Waals surface area contributed by atoms with Crippen LogP contribution in [0.25, 0.3) is 10.8 Å². The van der Waals surface area contributed by atoms with E-state index in [4.69, 9.17) is 0 Å². The van der Waals surface area contributed by atoms with Gasteiger partial charge in [-0.15, -0.1) is 0 Å². The number of benzene rings is 2. The van der Waals surface area contributed by atoms with Crippen molar-refractivity contribution in [3.8, 4) is 5.75 Å². The number of halogens is 6. The van der Waals surface area contributed by atoms with Gasteiger partial charge in [-0.2, -0.15) is 13.2 Å². The van der Waals surface area contributed by atoms with Crippen molar-refractivity contribution >= 4 is 10.8 Å². The molecule has 0 atom stereocenters. The normalized spacial score (nSPS) is 20.0. The number of rotatable bonds is 7. The van der Waals surface area contributed by atoms with Gasteiger partial charge in [-0.1, -0.05) is 38.7 Å². The molecule has 0 radical (unpaired) electrons. The van der Waals surface area contributed by atoms with Crippen LogP contribution in [-0.4, -0.2) is 12.8 Å². The Morgan fingerprint density at radius 1 is 0.933 bits per heavy atom. The summed E-state index contributed by atoms with van der Waals surface area (Å²) in [5.74, 6) is -4.07. The molecule has 1 saturated carbocycles. The van der Waals surface area contributed by atoms with Crippen LogP contribution >= 0.6 is 0 Å². The molecule has 3 rings (SSSR count). The molecule has 2 aromatic rings. The molecule has 1 nitrogen and oxygen atoms in total. The second-order valence-electron chi connectivity index (χ2n) is 8.22. The lowest BCUT2D eigenvalue weighted by Gasteiger charge is -2.29. The van der Waals surface area contributed by atoms with E-state index in [-0.39, 0.29) is 11.3 Å². The van der Waals surface area contributed by atoms with Gasteiger partial charge in [0.2, 0.25) is 0 Å². The molecule has 0 bridgehead atoms. The first kappa shape index (κ1) is 22.8. The molecule has 0 heterocycles. The van der Waals surface area contributed by atoms with Crippen LogP contribution < -0.4 is 4.74 Å². The van der Waals surface area contributed by atoms with Crippen LogP contribution in [0.4, 0.5) is 26.3 Å². The van der Waals surface area contributed by atoms with E-state index in [0.717, 1.165) is 31.7 Å². The molecular weight excluding hydrogens is 406 g/mol. The summed E-state index contributed by atoms with van der Waals surface area (Å²) in [5.41, 5.74) is 0.676. The van der Waals surface area contributed by atoms with Gasteiger partial charge < -0.3 is 4.74 Å². The number of ether oxygens (including phenoxy) is 1. The smallest absolute Gasteiger partial charge is 0.422 e. The highest BCUT2D eigenvalue weighted by atomic mass is 19.4. The van der Waals surface area contributed by atoms with Gasteiger partial charge in [-0.25, -0.2) is 13.2 Å². The first-order valence-corrected chi connectivity index (χ1v) is 10.5. The van der Waals surface area contributed by atoms with Crippen LogP contribution in [0.1, 0.15) is 69.8 Å². The minimum absolute atomic E-state index is 0.00979. The van der Waals surface area contributed by atoms with E-state index in [2.05, 4.69) is 11.7 Å². The Labute approximate surface area is 172 Å². The Bertz CT molecular complexity index is 868. The standard InChI is InChI=1S/C23H26F6O/c1-2-3-4-5-14-6-8-15(9-7-14)16-10-17-12-19(25)22(30-13-23(27,28)29)21(26)20(17)18(24)11-16/h10-12,14-15H,2-9,13H2,1H3. The predicted molar refractivity (Wildman–Crippen MR) is 104 cm³/mol. The molecule has 0 aliphatic heterocycles. The average Bonchev–Trinajstić information content (AvgIpc) is 2.67. The van der Waals surface area contributed by atoms with Crippen molar-refractivity contribution in [3.05, 3.63) is 41.2 Å². The van der Waals surface area contributed by atoms with Gasteiger partial charge in [0, 0.05) is 0 Å². The molecular formula is C23H26F6O. The largest absolute Gasteiger partial charge is 0.478 e. The van der Waals surface area contributed by atoms with Gasteiger partial charge in [-0.3, -0.25) is 0 Å². The first-order chi connectivity index (χ1) is 14.2. The van der Waals surface area contributed by atoms with Crippen LogP contribution in [0.3, 0.4) is 0 Å². The molecule has 30 heavy (non-hydrogen) atoms. The molecule has 7 heteroatoms. The fourth-order valence-electron chi connectivity index (χ4n) is 4.41. The molecule has 0 N–H and O–H groups in total. The average molecular weight is 432 g/mol. The Morgan fingerprint density at radius 3 is 2.27 bits per heavy atom. The molecule has 0 unspecified atom stereocenters. The molecule has 0 saturated heterocycles. The van der Waals surface area contributed by atoms with E-state index < -0.39 is 41.4 Å². The van der Waals surface area contributed by atoms with E-state index >= 15 is 0 Å². The van der Waals surface area contributed by atoms with E-state index in [0.29, 0.717) is 11.5 Å². The summed E-state index contributed by atoms with van der Waals surface area (Å²) >= 11 is 0. The van der Waals surface area contributed by atoms with Gasteiger partial charge >= 0.3 is 6.18 Å². The second kappa shape index (κ2) is 9.48. The molecule has 1 aliphatic carbocycles. The van der Waals surface area contributed by atoms with E-state index in [9.17, 15) is 26.3 Å². The fraction of sp³-hybridized carbons (Fsp3) is 0.565. The molecule has 0 spiro atoms. The number of fused-ring (bicyclic) bond motifs is 1. The minimum Gasteiger partial charge on any atom is -0.478 e. The van der Waals surface area contributed by atoms with E-state index in [1.807, 2.05) is 0 Å². The summed E-state index contributed by atoms with van der Waals surface area (Å²) in [5, 5.41) is -0.560. The maximum absolute atomic E-state index is 14.7. The third-order valence-corrected chi connectivity index (χ3v) is 5.98. The van der Waals surface area contributed by atoms with Crippen molar-refractivity contribution in [2.24, 2.45) is 5.92 Å². The SMILES string of the molecule is CCCCCC1CCC(c2cc(F)c3c(F)c(OCC(F)(F)F)c(F)cc3c2)CC1. The molecule has 166 valence electrons. The highest BCUT2D eigenvalue weighted by Crippen LogP contribution is 2.40. The van der Waals surface area contributed by atoms with Gasteiger partial charge in [0.05, 0.1) is 5.39 Å². The Balaban J connectivity index is 1.79. The van der Waals surface area contributed by atoms with Crippen molar-refractivity contribution < 1.29 is 31.1 Å². The van der Waals surface area contributed by atoms with Crippen molar-refractivity contribution in [2.75, 3.05) is 6.61 Å². The maximum atomic E-state index is 14.7. The summed E-state index contributed by atoms with van der Waals surface area (Å²) in [6.07, 6.45) is 3.92. The Hall–Kier alpha value is -1.92. The zero-order valence-electron chi connectivity index (χ0n) is 16.9. The topological polar surface area (TPSA) is 9.23 Å². The predicted octanol–water partition coefficient (Wildman–Crippen LogP) is 8.05. The maximum Gasteiger partial charge on any atom is 0.422 e. The quantitative estimate of drug-likeness (QED) is 0.318. The van der Waals surface area contributed by atoms with Gasteiger partial charge in [0.25, 0.3) is 0 Å². The van der Waals surface area contributed by atoms with Gasteiger partial charge in [0.15, 0.2) is 24.0 Å². The minimum atomic E-state index is -4.76. The Kier molecular flexibility index (Phi) is 7.19. The number of alkyl halides is 3. The van der Waals surface area contributed by atoms with Crippen molar-refractivity contribution in [3.63, 3.8) is 0 Å². The van der Waals surface area contributed by atoms with Crippen molar-refractivity contribution in [2.45, 2.75) is 70.4 Å². The highest BCUT2D eigenvalue weighted by Gasteiger charge is 2.31. The van der Waals surface area contributed by atoms with E-state index in [1.54, 1.807) is 6.07 Å². The van der Waals surface area contributed by atoms with Crippen LogP contribution in [0.5, 0.6) is 5.75 Å². The number of unbranched alkanes of at least 4 members (excludes halogenated alkanes) is 2. The number of hydrogen-bond donors (Lipinski definition) is 0. The lowest BCUT2D eigenvalue weighted by molar-refractivity contribution is -0.154. The lowest BCUT2D eigenvalue weighted by Crippen LogP contribution is -2.20. The zero-order chi connectivity index (χ0) is 21.9. The van der Waals surface area contributed by atoms with Gasteiger partial charge in [0.1, 0.15) is 5.82 Å². The molecule has 1 fully saturated rings. The fourth-order valence-corrected chi connectivity index (χ4v) is 4.41. The van der Waals surface area contributed by atoms with Crippen LogP contribution in [0.15, 0.2) is 18.2 Å². The number of hydrogen-bond acceptors (Lipinski definition) is 1. The third-order valence-electron chi connectivity index (χ3n) is 5.98. The van der Waals surface area contributed by atoms with Crippen LogP contribution in [0.2, 0.25) is 0 Å². The molecule has 0 amide bonds. The van der Waals surface area contributed by atoms with Crippen molar-refractivity contribution in [1.82, 2.24) is 0 Å². The molecule has 2 aromatic carbocycles. The van der Waals surface area contributed by atoms with Gasteiger partial charge in [-0.05, 0) is 60.6 Å². The Morgan fingerprint density at radius 2 is 1.63 bits per heavy atom. The molecule has 1 aliphatic rings. The van der Waals surface area contributed by atoms with Crippen molar-refractivity contribution in [1.29, 1.82) is 0 Å². The second-order valence-corrected chi connectivity index (χ2v) is 8.22.